The van der Waals surface area contributed by atoms with Crippen molar-refractivity contribution in [2.24, 2.45) is 0 Å². The molecular formula is C9H14O2. The molecule has 0 aromatic carbocycles. The molecular weight excluding hydrogens is 140 g/mol. The molecule has 2 unspecified atom stereocenters. The van der Waals surface area contributed by atoms with Gasteiger partial charge in [0.05, 0.1) is 11.7 Å². The lowest BCUT2D eigenvalue weighted by molar-refractivity contribution is -0.0937. The maximum Gasteiger partial charge on any atom is 0.0802 e. The average Bonchev–Trinajstić information content (AvgIpc) is 1.86. The molecule has 1 N–H and O–H groups in total. The molecule has 0 aromatic rings. The Morgan fingerprint density at radius 2 is 2.55 bits per heavy atom. The van der Waals surface area contributed by atoms with Crippen LogP contribution in [0.4, 0.5) is 0 Å². The van der Waals surface area contributed by atoms with Crippen LogP contribution >= 0.6 is 0 Å². The highest BCUT2D eigenvalue weighted by Crippen LogP contribution is 2.27. The molecule has 1 aliphatic rings. The Hall–Kier alpha value is -0.520. The summed E-state index contributed by atoms with van der Waals surface area (Å²) in [5.41, 5.74) is -0.660. The van der Waals surface area contributed by atoms with Crippen molar-refractivity contribution in [2.45, 2.75) is 37.9 Å². The smallest absolute Gasteiger partial charge is 0.0802 e. The fraction of sp³-hybridized carbons (Fsp3) is 0.778. The maximum atomic E-state index is 9.82. The van der Waals surface area contributed by atoms with Gasteiger partial charge in [0.2, 0.25) is 0 Å². The highest BCUT2D eigenvalue weighted by atomic mass is 16.5. The van der Waals surface area contributed by atoms with Gasteiger partial charge in [-0.25, -0.2) is 0 Å². The SMILES string of the molecule is C#CCC1(O)CCOC(C)C1. The van der Waals surface area contributed by atoms with E-state index < -0.39 is 5.60 Å². The standard InChI is InChI=1S/C9H14O2/c1-3-4-9(10)5-6-11-8(2)7-9/h1,8,10H,4-7H2,2H3. The quantitative estimate of drug-likeness (QED) is 0.569. The van der Waals surface area contributed by atoms with Crippen molar-refractivity contribution in [2.75, 3.05) is 6.61 Å². The van der Waals surface area contributed by atoms with Crippen LogP contribution < -0.4 is 0 Å². The van der Waals surface area contributed by atoms with E-state index >= 15 is 0 Å². The van der Waals surface area contributed by atoms with Crippen LogP contribution in [0, 0.1) is 12.3 Å². The normalized spacial score (nSPS) is 38.1. The number of rotatable bonds is 1. The first-order valence-corrected chi connectivity index (χ1v) is 3.94. The molecule has 0 aliphatic carbocycles. The number of hydrogen-bond donors (Lipinski definition) is 1. The number of terminal acetylenes is 1. The average molecular weight is 154 g/mol. The Morgan fingerprint density at radius 3 is 3.09 bits per heavy atom. The molecule has 1 rings (SSSR count). The van der Waals surface area contributed by atoms with Gasteiger partial charge >= 0.3 is 0 Å². The zero-order chi connectivity index (χ0) is 8.32. The van der Waals surface area contributed by atoms with Gasteiger partial charge in [0, 0.05) is 25.9 Å². The maximum absolute atomic E-state index is 9.82. The van der Waals surface area contributed by atoms with Gasteiger partial charge in [-0.2, -0.15) is 0 Å². The molecule has 0 saturated carbocycles. The molecule has 2 nitrogen and oxygen atoms in total. The molecule has 1 fully saturated rings. The van der Waals surface area contributed by atoms with Crippen LogP contribution in [0.1, 0.15) is 26.2 Å². The van der Waals surface area contributed by atoms with Gasteiger partial charge in [-0.1, -0.05) is 0 Å². The highest BCUT2D eigenvalue weighted by Gasteiger charge is 2.32. The van der Waals surface area contributed by atoms with Crippen LogP contribution in [0.15, 0.2) is 0 Å². The van der Waals surface area contributed by atoms with Crippen molar-refractivity contribution in [3.63, 3.8) is 0 Å². The van der Waals surface area contributed by atoms with Crippen molar-refractivity contribution in [3.8, 4) is 12.3 Å². The summed E-state index contributed by atoms with van der Waals surface area (Å²) < 4.78 is 5.29. The minimum absolute atomic E-state index is 0.141. The van der Waals surface area contributed by atoms with Crippen LogP contribution in [0.25, 0.3) is 0 Å². The summed E-state index contributed by atoms with van der Waals surface area (Å²) in [5, 5.41) is 9.82. The van der Waals surface area contributed by atoms with Crippen molar-refractivity contribution in [3.05, 3.63) is 0 Å². The van der Waals surface area contributed by atoms with Crippen LogP contribution in [-0.2, 0) is 4.74 Å². The second-order valence-corrected chi connectivity index (χ2v) is 3.24. The molecule has 1 aliphatic heterocycles. The Kier molecular flexibility index (Phi) is 2.53. The lowest BCUT2D eigenvalue weighted by atomic mass is 9.88. The fourth-order valence-electron chi connectivity index (χ4n) is 1.50. The summed E-state index contributed by atoms with van der Waals surface area (Å²) in [6.07, 6.45) is 7.06. The zero-order valence-electron chi connectivity index (χ0n) is 6.84. The van der Waals surface area contributed by atoms with E-state index in [9.17, 15) is 5.11 Å². The third-order valence-corrected chi connectivity index (χ3v) is 2.07. The van der Waals surface area contributed by atoms with E-state index in [1.807, 2.05) is 6.92 Å². The van der Waals surface area contributed by atoms with Crippen molar-refractivity contribution in [1.29, 1.82) is 0 Å². The van der Waals surface area contributed by atoms with Crippen molar-refractivity contribution < 1.29 is 9.84 Å². The predicted octanol–water partition coefficient (Wildman–Crippen LogP) is 0.940. The number of hydrogen-bond acceptors (Lipinski definition) is 2. The molecule has 0 bridgehead atoms. The molecule has 1 saturated heterocycles. The van der Waals surface area contributed by atoms with Gasteiger partial charge in [-0.15, -0.1) is 12.3 Å². The molecule has 1 heterocycles. The van der Waals surface area contributed by atoms with Crippen molar-refractivity contribution in [1.82, 2.24) is 0 Å². The Morgan fingerprint density at radius 1 is 1.82 bits per heavy atom. The fourth-order valence-corrected chi connectivity index (χ4v) is 1.50. The summed E-state index contributed by atoms with van der Waals surface area (Å²) in [7, 11) is 0. The van der Waals surface area contributed by atoms with Crippen LogP contribution in [-0.4, -0.2) is 23.4 Å². The van der Waals surface area contributed by atoms with Crippen LogP contribution in [0.3, 0.4) is 0 Å². The summed E-state index contributed by atoms with van der Waals surface area (Å²) in [6.45, 7) is 2.58. The molecule has 62 valence electrons. The second kappa shape index (κ2) is 3.25. The van der Waals surface area contributed by atoms with Crippen molar-refractivity contribution >= 4 is 0 Å². The topological polar surface area (TPSA) is 29.5 Å². The first-order valence-electron chi connectivity index (χ1n) is 3.94. The summed E-state index contributed by atoms with van der Waals surface area (Å²) in [6, 6.07) is 0. The molecule has 0 aromatic heterocycles. The molecule has 0 radical (unpaired) electrons. The first kappa shape index (κ1) is 8.58. The first-order chi connectivity index (χ1) is 5.16. The van der Waals surface area contributed by atoms with Crippen LogP contribution in [0.5, 0.6) is 0 Å². The molecule has 2 atom stereocenters. The predicted molar refractivity (Wildman–Crippen MR) is 43.0 cm³/mol. The minimum Gasteiger partial charge on any atom is -0.389 e. The summed E-state index contributed by atoms with van der Waals surface area (Å²) >= 11 is 0. The number of aliphatic hydroxyl groups is 1. The van der Waals surface area contributed by atoms with E-state index in [4.69, 9.17) is 11.2 Å². The number of ether oxygens (including phenoxy) is 1. The Bertz CT molecular complexity index is 171. The van der Waals surface area contributed by atoms with Gasteiger partial charge < -0.3 is 9.84 Å². The van der Waals surface area contributed by atoms with Gasteiger partial charge in [0.1, 0.15) is 0 Å². The van der Waals surface area contributed by atoms with Crippen LogP contribution in [0.2, 0.25) is 0 Å². The van der Waals surface area contributed by atoms with E-state index in [0.29, 0.717) is 25.9 Å². The second-order valence-electron chi connectivity index (χ2n) is 3.24. The zero-order valence-corrected chi connectivity index (χ0v) is 6.84. The third-order valence-electron chi connectivity index (χ3n) is 2.07. The van der Waals surface area contributed by atoms with E-state index in [0.717, 1.165) is 0 Å². The largest absolute Gasteiger partial charge is 0.389 e. The molecule has 0 spiro atoms. The van der Waals surface area contributed by atoms with Gasteiger partial charge in [-0.05, 0) is 6.92 Å². The van der Waals surface area contributed by atoms with Gasteiger partial charge in [0.25, 0.3) is 0 Å². The van der Waals surface area contributed by atoms with Gasteiger partial charge in [0.15, 0.2) is 0 Å². The highest BCUT2D eigenvalue weighted by molar-refractivity contribution is 4.97. The molecule has 0 amide bonds. The Balaban J connectivity index is 2.50. The van der Waals surface area contributed by atoms with E-state index in [-0.39, 0.29) is 6.10 Å². The monoisotopic (exact) mass is 154 g/mol. The lowest BCUT2D eigenvalue weighted by Crippen LogP contribution is -2.39. The lowest BCUT2D eigenvalue weighted by Gasteiger charge is -2.34. The van der Waals surface area contributed by atoms with E-state index in [1.54, 1.807) is 0 Å². The van der Waals surface area contributed by atoms with E-state index in [1.165, 1.54) is 0 Å². The third kappa shape index (κ3) is 2.21. The Labute approximate surface area is 67.6 Å². The summed E-state index contributed by atoms with van der Waals surface area (Å²) in [4.78, 5) is 0. The molecule has 2 heteroatoms. The summed E-state index contributed by atoms with van der Waals surface area (Å²) in [5.74, 6) is 2.49. The van der Waals surface area contributed by atoms with E-state index in [2.05, 4.69) is 5.92 Å². The minimum atomic E-state index is -0.660. The van der Waals surface area contributed by atoms with Gasteiger partial charge in [-0.3, -0.25) is 0 Å². The molecule has 11 heavy (non-hydrogen) atoms.